The predicted molar refractivity (Wildman–Crippen MR) is 133 cm³/mol. The molecule has 0 spiro atoms. The largest absolute Gasteiger partial charge is 0.481 e. The summed E-state index contributed by atoms with van der Waals surface area (Å²) in [4.78, 5) is 21.9. The number of nitrogens with zero attached hydrogens (tertiary/aromatic N) is 5. The number of hydrogen-bond donors (Lipinski definition) is 3. The summed E-state index contributed by atoms with van der Waals surface area (Å²) in [5, 5.41) is 29.1. The summed E-state index contributed by atoms with van der Waals surface area (Å²) < 4.78 is 1.71. The minimum atomic E-state index is -0.693. The molecular weight excluding hydrogens is 446 g/mol. The van der Waals surface area contributed by atoms with Crippen LogP contribution in [0.2, 0.25) is 0 Å². The monoisotopic (exact) mass is 477 g/mol. The summed E-state index contributed by atoms with van der Waals surface area (Å²) >= 11 is 0. The van der Waals surface area contributed by atoms with Gasteiger partial charge in [0.05, 0.1) is 6.54 Å². The van der Waals surface area contributed by atoms with Crippen LogP contribution in [0.1, 0.15) is 57.3 Å². The van der Waals surface area contributed by atoms with Crippen molar-refractivity contribution in [3.05, 3.63) is 70.4 Å². The summed E-state index contributed by atoms with van der Waals surface area (Å²) in [5.41, 5.74) is 3.87. The van der Waals surface area contributed by atoms with Crippen molar-refractivity contribution in [2.24, 2.45) is 0 Å². The van der Waals surface area contributed by atoms with E-state index in [-0.39, 0.29) is 5.69 Å². The van der Waals surface area contributed by atoms with E-state index in [2.05, 4.69) is 37.7 Å². The minimum absolute atomic E-state index is 0.169. The number of H-pyrrole nitrogens is 2. The second kappa shape index (κ2) is 13.0. The quantitative estimate of drug-likeness (QED) is 0.312. The molecule has 2 heterocycles. The van der Waals surface area contributed by atoms with E-state index in [1.54, 1.807) is 4.57 Å². The van der Waals surface area contributed by atoms with Crippen molar-refractivity contribution in [2.75, 3.05) is 0 Å². The topological polar surface area (TPSA) is 142 Å². The zero-order chi connectivity index (χ0) is 25.0. The third-order valence-corrected chi connectivity index (χ3v) is 5.45. The van der Waals surface area contributed by atoms with Crippen LogP contribution in [0.3, 0.4) is 0 Å². The van der Waals surface area contributed by atoms with Gasteiger partial charge in [-0.25, -0.2) is 9.89 Å². The molecular formula is C25H31N7O3. The van der Waals surface area contributed by atoms with Gasteiger partial charge in [-0.05, 0) is 34.7 Å². The molecule has 0 amide bonds. The van der Waals surface area contributed by atoms with Crippen LogP contribution in [0, 0.1) is 0 Å². The van der Waals surface area contributed by atoms with E-state index in [9.17, 15) is 9.59 Å². The van der Waals surface area contributed by atoms with E-state index >= 15 is 0 Å². The lowest BCUT2D eigenvalue weighted by atomic mass is 9.98. The molecule has 2 aromatic heterocycles. The number of nitrogens with one attached hydrogen (secondary N) is 2. The van der Waals surface area contributed by atoms with E-state index in [0.29, 0.717) is 18.8 Å². The highest BCUT2D eigenvalue weighted by Crippen LogP contribution is 2.29. The Kier molecular flexibility index (Phi) is 9.47. The third kappa shape index (κ3) is 7.20. The Morgan fingerprint density at radius 3 is 2.29 bits per heavy atom. The van der Waals surface area contributed by atoms with Gasteiger partial charge in [-0.3, -0.25) is 9.36 Å². The predicted octanol–water partition coefficient (Wildman–Crippen LogP) is 4.07. The van der Waals surface area contributed by atoms with Gasteiger partial charge in [0.1, 0.15) is 5.82 Å². The standard InChI is InChI=1S/C20H21N7O.C5H10O2/c1-2-3-8-18-21-24-20(28)27(18)13-14-9-11-15(12-10-14)16-6-4-5-7-17(16)19-22-25-26-23-19;1-2-3-4-5(6)7/h4-7,9-12H,2-3,8,13H2,1H3,(H,24,28)(H,22,23,25,26);2-4H2,1H3,(H,6,7). The maximum Gasteiger partial charge on any atom is 0.343 e. The summed E-state index contributed by atoms with van der Waals surface area (Å²) in [6.45, 7) is 4.60. The van der Waals surface area contributed by atoms with E-state index < -0.39 is 5.97 Å². The highest BCUT2D eigenvalue weighted by atomic mass is 16.4. The lowest BCUT2D eigenvalue weighted by Crippen LogP contribution is -2.19. The molecule has 4 aromatic rings. The molecule has 0 atom stereocenters. The van der Waals surface area contributed by atoms with Crippen molar-refractivity contribution in [3.8, 4) is 22.5 Å². The van der Waals surface area contributed by atoms with Crippen molar-refractivity contribution in [1.29, 1.82) is 0 Å². The second-order valence-corrected chi connectivity index (χ2v) is 8.11. The van der Waals surface area contributed by atoms with Gasteiger partial charge in [-0.2, -0.15) is 10.3 Å². The lowest BCUT2D eigenvalue weighted by molar-refractivity contribution is -0.137. The van der Waals surface area contributed by atoms with Crippen molar-refractivity contribution in [1.82, 2.24) is 35.4 Å². The van der Waals surface area contributed by atoms with E-state index in [0.717, 1.165) is 60.2 Å². The molecule has 0 unspecified atom stereocenters. The molecule has 2 aromatic carbocycles. The van der Waals surface area contributed by atoms with Crippen molar-refractivity contribution >= 4 is 5.97 Å². The van der Waals surface area contributed by atoms with Crippen molar-refractivity contribution in [2.45, 2.75) is 58.9 Å². The molecule has 10 heteroatoms. The molecule has 0 saturated carbocycles. The molecule has 3 N–H and O–H groups in total. The fourth-order valence-electron chi connectivity index (χ4n) is 3.55. The molecule has 0 saturated heterocycles. The minimum Gasteiger partial charge on any atom is -0.481 e. The first-order valence-electron chi connectivity index (χ1n) is 11.8. The van der Waals surface area contributed by atoms with Crippen LogP contribution >= 0.6 is 0 Å². The van der Waals surface area contributed by atoms with Crippen LogP contribution in [-0.2, 0) is 17.8 Å². The van der Waals surface area contributed by atoms with Crippen LogP contribution in [0.25, 0.3) is 22.5 Å². The van der Waals surface area contributed by atoms with Crippen LogP contribution in [0.4, 0.5) is 0 Å². The Bertz CT molecular complexity index is 1240. The zero-order valence-electron chi connectivity index (χ0n) is 20.1. The Hall–Kier alpha value is -4.08. The summed E-state index contributed by atoms with van der Waals surface area (Å²) in [7, 11) is 0. The fourth-order valence-corrected chi connectivity index (χ4v) is 3.55. The second-order valence-electron chi connectivity index (χ2n) is 8.11. The Morgan fingerprint density at radius 1 is 0.971 bits per heavy atom. The number of tetrazole rings is 1. The highest BCUT2D eigenvalue weighted by Gasteiger charge is 2.12. The number of rotatable bonds is 10. The zero-order valence-corrected chi connectivity index (χ0v) is 20.1. The number of carboxylic acids is 1. The van der Waals surface area contributed by atoms with Crippen LogP contribution < -0.4 is 5.69 Å². The molecule has 4 rings (SSSR count). The van der Waals surface area contributed by atoms with Gasteiger partial charge in [0.15, 0.2) is 0 Å². The van der Waals surface area contributed by atoms with E-state index in [1.807, 2.05) is 55.5 Å². The van der Waals surface area contributed by atoms with Gasteiger partial charge in [0.25, 0.3) is 0 Å². The molecule has 0 bridgehead atoms. The van der Waals surface area contributed by atoms with Crippen LogP contribution in [-0.4, -0.2) is 46.5 Å². The Labute approximate surface area is 203 Å². The highest BCUT2D eigenvalue weighted by molar-refractivity contribution is 5.80. The number of benzene rings is 2. The molecule has 10 nitrogen and oxygen atoms in total. The third-order valence-electron chi connectivity index (χ3n) is 5.45. The van der Waals surface area contributed by atoms with Crippen molar-refractivity contribution in [3.63, 3.8) is 0 Å². The number of aliphatic carboxylic acids is 1. The first kappa shape index (κ1) is 25.5. The number of aromatic amines is 2. The van der Waals surface area contributed by atoms with E-state index in [4.69, 9.17) is 5.11 Å². The molecule has 35 heavy (non-hydrogen) atoms. The van der Waals surface area contributed by atoms with Gasteiger partial charge in [0.2, 0.25) is 5.82 Å². The molecule has 0 aliphatic rings. The van der Waals surface area contributed by atoms with Crippen LogP contribution in [0.15, 0.2) is 53.3 Å². The lowest BCUT2D eigenvalue weighted by Gasteiger charge is -2.09. The average Bonchev–Trinajstić information content (AvgIpc) is 3.53. The summed E-state index contributed by atoms with van der Waals surface area (Å²) in [6, 6.07) is 16.1. The summed E-state index contributed by atoms with van der Waals surface area (Å²) in [6.07, 6.45) is 4.95. The SMILES string of the molecule is CCCCC(=O)O.CCCCc1n[nH]c(=O)n1Cc1ccc(-c2ccccc2-c2nn[nH]n2)cc1. The molecule has 0 radical (unpaired) electrons. The van der Waals surface area contributed by atoms with Gasteiger partial charge < -0.3 is 5.11 Å². The number of carbonyl (C=O) groups is 1. The molecule has 184 valence electrons. The number of aryl methyl sites for hydroxylation is 1. The van der Waals surface area contributed by atoms with Gasteiger partial charge >= 0.3 is 11.7 Å². The average molecular weight is 478 g/mol. The van der Waals surface area contributed by atoms with Gasteiger partial charge in [-0.1, -0.05) is 75.2 Å². The summed E-state index contributed by atoms with van der Waals surface area (Å²) in [5.74, 6) is 0.672. The smallest absolute Gasteiger partial charge is 0.343 e. The van der Waals surface area contributed by atoms with Gasteiger partial charge in [-0.15, -0.1) is 10.2 Å². The Morgan fingerprint density at radius 2 is 1.69 bits per heavy atom. The number of aromatic nitrogens is 7. The molecule has 0 aliphatic heterocycles. The number of carboxylic acid groups (broad SMARTS) is 1. The molecule has 0 fully saturated rings. The maximum absolute atomic E-state index is 12.1. The maximum atomic E-state index is 12.1. The number of hydrogen-bond acceptors (Lipinski definition) is 6. The van der Waals surface area contributed by atoms with Crippen molar-refractivity contribution < 1.29 is 9.90 Å². The first-order chi connectivity index (χ1) is 17.0. The van der Waals surface area contributed by atoms with E-state index in [1.165, 1.54) is 0 Å². The molecule has 0 aliphatic carbocycles. The number of unbranched alkanes of at least 4 members (excludes halogenated alkanes) is 2. The first-order valence-corrected chi connectivity index (χ1v) is 11.8. The fraction of sp³-hybridized carbons (Fsp3) is 0.360. The van der Waals surface area contributed by atoms with Gasteiger partial charge in [0, 0.05) is 18.4 Å². The normalized spacial score (nSPS) is 10.6. The Balaban J connectivity index is 0.000000429. The van der Waals surface area contributed by atoms with Crippen LogP contribution in [0.5, 0.6) is 0 Å².